The van der Waals surface area contributed by atoms with E-state index in [1.807, 2.05) is 0 Å². The van der Waals surface area contributed by atoms with Crippen molar-refractivity contribution in [2.24, 2.45) is 0 Å². The summed E-state index contributed by atoms with van der Waals surface area (Å²) >= 11 is 0. The molecule has 0 aliphatic rings. The summed E-state index contributed by atoms with van der Waals surface area (Å²) in [6.45, 7) is 0.191. The van der Waals surface area contributed by atoms with E-state index >= 15 is 0 Å². The summed E-state index contributed by atoms with van der Waals surface area (Å²) < 4.78 is 28.1. The maximum atomic E-state index is 12.0. The number of halogens is 2. The van der Waals surface area contributed by atoms with Crippen LogP contribution >= 0.6 is 0 Å². The number of hydrogen-bond acceptors (Lipinski definition) is 3. The maximum Gasteiger partial charge on any atom is 0.388 e. The largest absolute Gasteiger partial charge is 0.417 e. The minimum absolute atomic E-state index is 0.213. The highest BCUT2D eigenvalue weighted by Gasteiger charge is 2.14. The molecule has 1 heterocycles. The maximum absolute atomic E-state index is 12.0. The van der Waals surface area contributed by atoms with Crippen LogP contribution in [0, 0.1) is 6.92 Å². The summed E-state index contributed by atoms with van der Waals surface area (Å²) in [4.78, 5) is 3.77. The lowest BCUT2D eigenvalue weighted by molar-refractivity contribution is -0.0545. The van der Waals surface area contributed by atoms with Crippen molar-refractivity contribution in [1.29, 1.82) is 0 Å². The van der Waals surface area contributed by atoms with Crippen LogP contribution in [-0.4, -0.2) is 16.7 Å². The Morgan fingerprint density at radius 1 is 1.43 bits per heavy atom. The summed E-state index contributed by atoms with van der Waals surface area (Å²) in [5, 5.41) is 9.24. The smallest absolute Gasteiger partial charge is 0.388 e. The molecule has 3 nitrogen and oxygen atoms in total. The first-order chi connectivity index (χ1) is 6.50. The van der Waals surface area contributed by atoms with Crippen LogP contribution in [0.15, 0.2) is 12.1 Å². The molecule has 0 aliphatic carbocycles. The number of rotatable bonds is 3. The monoisotopic (exact) mass is 203 g/mol. The van der Waals surface area contributed by atoms with Crippen molar-refractivity contribution in [2.75, 3.05) is 0 Å². The molecule has 1 aromatic heterocycles. The zero-order valence-corrected chi connectivity index (χ0v) is 7.87. The summed E-state index contributed by atoms with van der Waals surface area (Å²) in [5.74, 6) is -0.213. The van der Waals surface area contributed by atoms with E-state index in [0.29, 0.717) is 5.69 Å². The third kappa shape index (κ3) is 2.63. The Hall–Kier alpha value is -1.23. The molecule has 14 heavy (non-hydrogen) atoms. The second-order valence-corrected chi connectivity index (χ2v) is 2.90. The quantitative estimate of drug-likeness (QED) is 0.817. The van der Waals surface area contributed by atoms with Gasteiger partial charge < -0.3 is 9.84 Å². The van der Waals surface area contributed by atoms with E-state index in [1.54, 1.807) is 13.0 Å². The van der Waals surface area contributed by atoms with Gasteiger partial charge in [-0.15, -0.1) is 0 Å². The number of aryl methyl sites for hydroxylation is 1. The Bertz CT molecular complexity index is 316. The zero-order valence-electron chi connectivity index (χ0n) is 7.87. The van der Waals surface area contributed by atoms with Crippen molar-refractivity contribution in [1.82, 2.24) is 4.98 Å². The summed E-state index contributed by atoms with van der Waals surface area (Å²) in [5.41, 5.74) is 0.820. The number of aliphatic hydroxyl groups excluding tert-OH is 1. The SMILES string of the molecule is Cc1ccc(C(C)O)c(OC(F)F)n1. The van der Waals surface area contributed by atoms with Gasteiger partial charge in [0.05, 0.1) is 6.10 Å². The lowest BCUT2D eigenvalue weighted by Crippen LogP contribution is -2.08. The number of aliphatic hydroxyl groups is 1. The topological polar surface area (TPSA) is 42.4 Å². The molecule has 1 N–H and O–H groups in total. The van der Waals surface area contributed by atoms with Crippen molar-refractivity contribution in [2.45, 2.75) is 26.6 Å². The van der Waals surface area contributed by atoms with E-state index in [9.17, 15) is 13.9 Å². The Labute approximate surface area is 80.3 Å². The van der Waals surface area contributed by atoms with Gasteiger partial charge in [0.15, 0.2) is 0 Å². The van der Waals surface area contributed by atoms with Crippen molar-refractivity contribution in [3.05, 3.63) is 23.4 Å². The van der Waals surface area contributed by atoms with Crippen LogP contribution in [0.3, 0.4) is 0 Å². The van der Waals surface area contributed by atoms with Gasteiger partial charge in [0.25, 0.3) is 0 Å². The molecule has 1 unspecified atom stereocenters. The Morgan fingerprint density at radius 3 is 2.57 bits per heavy atom. The average Bonchev–Trinajstić information content (AvgIpc) is 2.01. The van der Waals surface area contributed by atoms with Crippen LogP contribution < -0.4 is 4.74 Å². The second kappa shape index (κ2) is 4.32. The lowest BCUT2D eigenvalue weighted by Gasteiger charge is -2.11. The number of hydrogen-bond donors (Lipinski definition) is 1. The first-order valence-corrected chi connectivity index (χ1v) is 4.11. The van der Waals surface area contributed by atoms with E-state index in [2.05, 4.69) is 9.72 Å². The van der Waals surface area contributed by atoms with Crippen LogP contribution in [0.4, 0.5) is 8.78 Å². The van der Waals surface area contributed by atoms with E-state index in [4.69, 9.17) is 0 Å². The van der Waals surface area contributed by atoms with Crippen molar-refractivity contribution < 1.29 is 18.6 Å². The molecule has 0 saturated carbocycles. The number of aromatic nitrogens is 1. The fraction of sp³-hybridized carbons (Fsp3) is 0.444. The molecule has 1 atom stereocenters. The van der Waals surface area contributed by atoms with Gasteiger partial charge in [0, 0.05) is 11.3 Å². The van der Waals surface area contributed by atoms with Gasteiger partial charge >= 0.3 is 6.61 Å². The minimum atomic E-state index is -2.93. The van der Waals surface area contributed by atoms with E-state index in [0.717, 1.165) is 0 Å². The number of alkyl halides is 2. The Morgan fingerprint density at radius 2 is 2.07 bits per heavy atom. The van der Waals surface area contributed by atoms with Crippen molar-refractivity contribution in [3.63, 3.8) is 0 Å². The fourth-order valence-electron chi connectivity index (χ4n) is 1.04. The highest BCUT2D eigenvalue weighted by Crippen LogP contribution is 2.24. The molecule has 1 aromatic rings. The van der Waals surface area contributed by atoms with Gasteiger partial charge in [-0.25, -0.2) is 4.98 Å². The Balaban J connectivity index is 3.03. The van der Waals surface area contributed by atoms with Gasteiger partial charge in [-0.1, -0.05) is 0 Å². The first-order valence-electron chi connectivity index (χ1n) is 4.11. The molecule has 0 radical (unpaired) electrons. The normalized spacial score (nSPS) is 13.0. The molecule has 0 aliphatic heterocycles. The molecular formula is C9H11F2NO2. The highest BCUT2D eigenvalue weighted by molar-refractivity contribution is 5.29. The minimum Gasteiger partial charge on any atom is -0.417 e. The van der Waals surface area contributed by atoms with E-state index in [-0.39, 0.29) is 11.4 Å². The van der Waals surface area contributed by atoms with Crippen LogP contribution in [-0.2, 0) is 0 Å². The molecule has 0 amide bonds. The van der Waals surface area contributed by atoms with Crippen LogP contribution in [0.5, 0.6) is 5.88 Å². The van der Waals surface area contributed by atoms with Gasteiger partial charge in [-0.3, -0.25) is 0 Å². The van der Waals surface area contributed by atoms with Gasteiger partial charge in [-0.2, -0.15) is 8.78 Å². The summed E-state index contributed by atoms with van der Waals surface area (Å²) in [6, 6.07) is 3.14. The lowest BCUT2D eigenvalue weighted by atomic mass is 10.1. The second-order valence-electron chi connectivity index (χ2n) is 2.90. The van der Waals surface area contributed by atoms with Crippen molar-refractivity contribution in [3.8, 4) is 5.88 Å². The van der Waals surface area contributed by atoms with Gasteiger partial charge in [0.2, 0.25) is 5.88 Å². The molecular weight excluding hydrogens is 192 g/mol. The molecule has 5 heteroatoms. The van der Waals surface area contributed by atoms with Crippen LogP contribution in [0.1, 0.15) is 24.3 Å². The standard InChI is InChI=1S/C9H11F2NO2/c1-5-3-4-7(6(2)13)8(12-5)14-9(10)11/h3-4,6,9,13H,1-2H3. The molecule has 0 aromatic carbocycles. The van der Waals surface area contributed by atoms with Crippen molar-refractivity contribution >= 4 is 0 Å². The number of ether oxygens (including phenoxy) is 1. The molecule has 1 rings (SSSR count). The van der Waals surface area contributed by atoms with E-state index < -0.39 is 12.7 Å². The summed E-state index contributed by atoms with van der Waals surface area (Å²) in [6.07, 6.45) is -0.878. The van der Waals surface area contributed by atoms with Crippen LogP contribution in [0.25, 0.3) is 0 Å². The van der Waals surface area contributed by atoms with E-state index in [1.165, 1.54) is 13.0 Å². The molecule has 0 saturated heterocycles. The average molecular weight is 203 g/mol. The predicted molar refractivity (Wildman–Crippen MR) is 46.2 cm³/mol. The van der Waals surface area contributed by atoms with Crippen LogP contribution in [0.2, 0.25) is 0 Å². The highest BCUT2D eigenvalue weighted by atomic mass is 19.3. The number of pyridine rings is 1. The third-order valence-corrected chi connectivity index (χ3v) is 1.68. The van der Waals surface area contributed by atoms with Gasteiger partial charge in [0.1, 0.15) is 0 Å². The molecule has 78 valence electrons. The third-order valence-electron chi connectivity index (χ3n) is 1.68. The summed E-state index contributed by atoms with van der Waals surface area (Å²) in [7, 11) is 0. The predicted octanol–water partition coefficient (Wildman–Crippen LogP) is 2.04. The molecule has 0 fully saturated rings. The number of nitrogens with zero attached hydrogens (tertiary/aromatic N) is 1. The first kappa shape index (κ1) is 10.8. The molecule has 0 bridgehead atoms. The Kier molecular flexibility index (Phi) is 3.35. The van der Waals surface area contributed by atoms with Gasteiger partial charge in [-0.05, 0) is 26.0 Å². The molecule has 0 spiro atoms. The fourth-order valence-corrected chi connectivity index (χ4v) is 1.04. The zero-order chi connectivity index (χ0) is 10.7.